The summed E-state index contributed by atoms with van der Waals surface area (Å²) in [7, 11) is 1.60. The lowest BCUT2D eigenvalue weighted by Crippen LogP contribution is -2.29. The highest BCUT2D eigenvalue weighted by molar-refractivity contribution is 5.73. The average Bonchev–Trinajstić information content (AvgIpc) is 2.79. The van der Waals surface area contributed by atoms with Gasteiger partial charge in [-0.25, -0.2) is 0 Å². The second-order valence-electron chi connectivity index (χ2n) is 7.71. The number of ether oxygens (including phenoxy) is 1. The number of carbonyl (C=O) groups excluding carboxylic acids is 2. The Morgan fingerprint density at radius 3 is 1.47 bits per heavy atom. The molecule has 0 saturated heterocycles. The molecule has 3 rings (SSSR count). The van der Waals surface area contributed by atoms with E-state index < -0.39 is 0 Å². The maximum absolute atomic E-state index is 12.3. The predicted octanol–water partition coefficient (Wildman–Crippen LogP) is 4.19. The van der Waals surface area contributed by atoms with Crippen molar-refractivity contribution < 1.29 is 14.3 Å². The average molecular weight is 432 g/mol. The molecule has 0 aliphatic heterocycles. The highest BCUT2D eigenvalue weighted by atomic mass is 16.5. The number of rotatable bonds is 9. The molecule has 3 aromatic rings. The molecular weight excluding hydrogens is 402 g/mol. The van der Waals surface area contributed by atoms with Gasteiger partial charge in [0.15, 0.2) is 0 Å². The summed E-state index contributed by atoms with van der Waals surface area (Å²) >= 11 is 0. The molecule has 0 unspecified atom stereocenters. The lowest BCUT2D eigenvalue weighted by Gasteiger charge is -2.23. The Morgan fingerprint density at radius 1 is 0.719 bits per heavy atom. The van der Waals surface area contributed by atoms with E-state index in [1.165, 1.54) is 0 Å². The van der Waals surface area contributed by atoms with Gasteiger partial charge in [-0.2, -0.15) is 0 Å². The van der Waals surface area contributed by atoms with E-state index in [9.17, 15) is 9.59 Å². The van der Waals surface area contributed by atoms with E-state index in [0.29, 0.717) is 43.3 Å². The summed E-state index contributed by atoms with van der Waals surface area (Å²) in [5, 5.41) is 0. The molecule has 0 aliphatic carbocycles. The van der Waals surface area contributed by atoms with Crippen molar-refractivity contribution in [2.24, 2.45) is 0 Å². The number of carbonyl (C=O) groups is 2. The van der Waals surface area contributed by atoms with Gasteiger partial charge in [-0.1, -0.05) is 60.7 Å². The third-order valence-electron chi connectivity index (χ3n) is 5.17. The van der Waals surface area contributed by atoms with Crippen molar-refractivity contribution >= 4 is 11.8 Å². The van der Waals surface area contributed by atoms with E-state index in [2.05, 4.69) is 0 Å². The molecule has 1 aromatic heterocycles. The number of methoxy groups -OCH3 is 1. The molecule has 166 valence electrons. The molecule has 32 heavy (non-hydrogen) atoms. The zero-order valence-corrected chi connectivity index (χ0v) is 18.8. The quantitative estimate of drug-likeness (QED) is 0.510. The highest BCUT2D eigenvalue weighted by Gasteiger charge is 2.16. The van der Waals surface area contributed by atoms with Gasteiger partial charge < -0.3 is 14.5 Å². The number of aromatic nitrogens is 1. The molecule has 0 fully saturated rings. The van der Waals surface area contributed by atoms with Gasteiger partial charge in [0.05, 0.1) is 31.6 Å². The summed E-state index contributed by atoms with van der Waals surface area (Å²) in [6.07, 6.45) is 0. The fourth-order valence-electron chi connectivity index (χ4n) is 3.45. The van der Waals surface area contributed by atoms with Crippen LogP contribution in [0.4, 0.5) is 0 Å². The Bertz CT molecular complexity index is 959. The van der Waals surface area contributed by atoms with Gasteiger partial charge in [-0.15, -0.1) is 0 Å². The van der Waals surface area contributed by atoms with Gasteiger partial charge in [0, 0.05) is 39.1 Å². The molecule has 0 aliphatic rings. The minimum atomic E-state index is -0.0329. The first-order valence-corrected chi connectivity index (χ1v) is 10.6. The SMILES string of the molecule is COc1cc(CN(Cc2ccccc2)C(C)=O)nc(CN(Cc2ccccc2)C(C)=O)c1. The van der Waals surface area contributed by atoms with Crippen LogP contribution in [0.3, 0.4) is 0 Å². The minimum absolute atomic E-state index is 0.0329. The van der Waals surface area contributed by atoms with Gasteiger partial charge in [0.2, 0.25) is 11.8 Å². The third-order valence-corrected chi connectivity index (χ3v) is 5.17. The molecule has 1 heterocycles. The number of nitrogens with zero attached hydrogens (tertiary/aromatic N) is 3. The second kappa shape index (κ2) is 11.1. The number of hydrogen-bond donors (Lipinski definition) is 0. The van der Waals surface area contributed by atoms with Crippen LogP contribution < -0.4 is 4.74 Å². The predicted molar refractivity (Wildman–Crippen MR) is 124 cm³/mol. The van der Waals surface area contributed by atoms with E-state index in [0.717, 1.165) is 11.1 Å². The first-order valence-electron chi connectivity index (χ1n) is 10.6. The van der Waals surface area contributed by atoms with E-state index in [1.54, 1.807) is 30.8 Å². The van der Waals surface area contributed by atoms with Crippen molar-refractivity contribution in [3.05, 3.63) is 95.3 Å². The van der Waals surface area contributed by atoms with Gasteiger partial charge >= 0.3 is 0 Å². The number of pyridine rings is 1. The molecule has 0 atom stereocenters. The number of benzene rings is 2. The van der Waals surface area contributed by atoms with Crippen LogP contribution in [0, 0.1) is 0 Å². The van der Waals surface area contributed by atoms with E-state index in [-0.39, 0.29) is 11.8 Å². The lowest BCUT2D eigenvalue weighted by molar-refractivity contribution is -0.130. The highest BCUT2D eigenvalue weighted by Crippen LogP contribution is 2.19. The van der Waals surface area contributed by atoms with E-state index in [1.807, 2.05) is 72.8 Å². The van der Waals surface area contributed by atoms with Gasteiger partial charge in [0.1, 0.15) is 5.75 Å². The first kappa shape index (κ1) is 23.0. The van der Waals surface area contributed by atoms with Crippen LogP contribution in [-0.2, 0) is 35.8 Å². The topological polar surface area (TPSA) is 62.7 Å². The Kier molecular flexibility index (Phi) is 7.97. The van der Waals surface area contributed by atoms with Crippen molar-refractivity contribution in [2.75, 3.05) is 7.11 Å². The number of hydrogen-bond acceptors (Lipinski definition) is 4. The smallest absolute Gasteiger partial charge is 0.220 e. The van der Waals surface area contributed by atoms with Gasteiger partial charge in [0.25, 0.3) is 0 Å². The van der Waals surface area contributed by atoms with Crippen molar-refractivity contribution in [1.82, 2.24) is 14.8 Å². The van der Waals surface area contributed by atoms with Crippen molar-refractivity contribution in [2.45, 2.75) is 40.0 Å². The zero-order chi connectivity index (χ0) is 22.9. The molecule has 6 nitrogen and oxygen atoms in total. The largest absolute Gasteiger partial charge is 0.497 e. The molecule has 2 aromatic carbocycles. The van der Waals surface area contributed by atoms with Crippen LogP contribution in [0.25, 0.3) is 0 Å². The summed E-state index contributed by atoms with van der Waals surface area (Å²) < 4.78 is 5.47. The molecular formula is C26H29N3O3. The van der Waals surface area contributed by atoms with E-state index in [4.69, 9.17) is 9.72 Å². The number of amides is 2. The fourth-order valence-corrected chi connectivity index (χ4v) is 3.45. The molecule has 0 bridgehead atoms. The molecule has 0 radical (unpaired) electrons. The Morgan fingerprint density at radius 2 is 1.12 bits per heavy atom. The molecule has 6 heteroatoms. The lowest BCUT2D eigenvalue weighted by atomic mass is 10.2. The Hall–Kier alpha value is -3.67. The minimum Gasteiger partial charge on any atom is -0.497 e. The van der Waals surface area contributed by atoms with Crippen LogP contribution in [0.15, 0.2) is 72.8 Å². The van der Waals surface area contributed by atoms with Crippen LogP contribution in [-0.4, -0.2) is 33.7 Å². The fraction of sp³-hybridized carbons (Fsp3) is 0.269. The van der Waals surface area contributed by atoms with Crippen LogP contribution >= 0.6 is 0 Å². The van der Waals surface area contributed by atoms with Crippen molar-refractivity contribution in [3.8, 4) is 5.75 Å². The summed E-state index contributed by atoms with van der Waals surface area (Å²) in [5.74, 6) is 0.584. The van der Waals surface area contributed by atoms with Crippen LogP contribution in [0.5, 0.6) is 5.75 Å². The second-order valence-corrected chi connectivity index (χ2v) is 7.71. The maximum Gasteiger partial charge on any atom is 0.220 e. The maximum atomic E-state index is 12.3. The Balaban J connectivity index is 1.80. The van der Waals surface area contributed by atoms with E-state index >= 15 is 0 Å². The first-order chi connectivity index (χ1) is 15.4. The van der Waals surface area contributed by atoms with Gasteiger partial charge in [-0.05, 0) is 11.1 Å². The third kappa shape index (κ3) is 6.67. The molecule has 0 saturated carbocycles. The van der Waals surface area contributed by atoms with Gasteiger partial charge in [-0.3, -0.25) is 14.6 Å². The normalized spacial score (nSPS) is 10.5. The summed E-state index contributed by atoms with van der Waals surface area (Å²) in [6, 6.07) is 23.4. The van der Waals surface area contributed by atoms with Crippen LogP contribution in [0.1, 0.15) is 36.4 Å². The summed E-state index contributed by atoms with van der Waals surface area (Å²) in [5.41, 5.74) is 3.54. The van der Waals surface area contributed by atoms with Crippen LogP contribution in [0.2, 0.25) is 0 Å². The molecule has 0 N–H and O–H groups in total. The van der Waals surface area contributed by atoms with Crippen molar-refractivity contribution in [1.29, 1.82) is 0 Å². The molecule has 0 spiro atoms. The molecule has 2 amide bonds. The summed E-state index contributed by atoms with van der Waals surface area (Å²) in [4.78, 5) is 32.8. The standard InChI is InChI=1S/C26H29N3O3/c1-20(30)28(16-22-10-6-4-7-11-22)18-24-14-26(32-3)15-25(27-24)19-29(21(2)31)17-23-12-8-5-9-13-23/h4-15H,16-19H2,1-3H3. The summed E-state index contributed by atoms with van der Waals surface area (Å²) in [6.45, 7) is 4.82. The monoisotopic (exact) mass is 431 g/mol. The zero-order valence-electron chi connectivity index (χ0n) is 18.8. The van der Waals surface area contributed by atoms with Crippen molar-refractivity contribution in [3.63, 3.8) is 0 Å². The Labute approximate surface area is 189 Å².